The summed E-state index contributed by atoms with van der Waals surface area (Å²) in [5.74, 6) is -0.0263. The number of hydrogen-bond donors (Lipinski definition) is 1. The Kier molecular flexibility index (Phi) is 10.2. The van der Waals surface area contributed by atoms with Gasteiger partial charge in [0, 0.05) is 6.54 Å². The second-order valence-electron chi connectivity index (χ2n) is 11.4. The standard InChI is InChI=1S/C30H42N2O5Si/c1-23-17-18-26(22-37-38(5,6)30(2,3)4)32(29(34)36-21-25-15-11-8-12-16-25)19-27(23)31-28(33)35-20-24-13-9-7-10-14-24/h7-18,23,26-27H,19-22H2,1-6H3,(H,31,33)/t23-,26+,27-/m0/s1. The number of carbonyl (C=O) groups is 2. The molecule has 3 rings (SSSR count). The van der Waals surface area contributed by atoms with Crippen molar-refractivity contribution < 1.29 is 23.5 Å². The minimum Gasteiger partial charge on any atom is -0.445 e. The summed E-state index contributed by atoms with van der Waals surface area (Å²) in [4.78, 5) is 27.7. The number of benzene rings is 2. The molecular weight excluding hydrogens is 496 g/mol. The summed E-state index contributed by atoms with van der Waals surface area (Å²) in [5, 5.41) is 3.00. The lowest BCUT2D eigenvalue weighted by molar-refractivity contribution is 0.0702. The Bertz CT molecular complexity index is 1070. The first kappa shape index (κ1) is 29.5. The SMILES string of the molecule is C[C@H]1C=C[C@H](CO[Si](C)(C)C(C)(C)C)N(C(=O)OCc2ccccc2)C[C@@H]1NC(=O)OCc1ccccc1. The van der Waals surface area contributed by atoms with Crippen LogP contribution in [0.5, 0.6) is 0 Å². The van der Waals surface area contributed by atoms with Crippen LogP contribution < -0.4 is 5.32 Å². The van der Waals surface area contributed by atoms with Crippen molar-refractivity contribution in [2.45, 2.75) is 71.1 Å². The fourth-order valence-corrected chi connectivity index (χ4v) is 4.84. The van der Waals surface area contributed by atoms with Crippen molar-refractivity contribution in [2.24, 2.45) is 5.92 Å². The highest BCUT2D eigenvalue weighted by atomic mass is 28.4. The van der Waals surface area contributed by atoms with Gasteiger partial charge in [-0.2, -0.15) is 0 Å². The van der Waals surface area contributed by atoms with Crippen LogP contribution in [0.15, 0.2) is 72.8 Å². The molecule has 1 aliphatic rings. The van der Waals surface area contributed by atoms with Crippen LogP contribution in [0.2, 0.25) is 18.1 Å². The maximum absolute atomic E-state index is 13.4. The summed E-state index contributed by atoms with van der Waals surface area (Å²) in [6, 6.07) is 18.5. The molecule has 1 heterocycles. The first-order chi connectivity index (χ1) is 18.0. The number of carbonyl (C=O) groups excluding carboxylic acids is 2. The summed E-state index contributed by atoms with van der Waals surface area (Å²) in [7, 11) is -2.05. The summed E-state index contributed by atoms with van der Waals surface area (Å²) in [5.41, 5.74) is 1.82. The molecule has 0 bridgehead atoms. The van der Waals surface area contributed by atoms with Crippen molar-refractivity contribution in [3.05, 3.63) is 83.9 Å². The molecule has 38 heavy (non-hydrogen) atoms. The molecule has 206 valence electrons. The molecule has 1 aliphatic heterocycles. The van der Waals surface area contributed by atoms with Gasteiger partial charge in [0.25, 0.3) is 0 Å². The van der Waals surface area contributed by atoms with Gasteiger partial charge in [-0.25, -0.2) is 9.59 Å². The summed E-state index contributed by atoms with van der Waals surface area (Å²) >= 11 is 0. The van der Waals surface area contributed by atoms with E-state index in [1.807, 2.05) is 79.7 Å². The molecule has 2 aromatic carbocycles. The van der Waals surface area contributed by atoms with Gasteiger partial charge < -0.3 is 19.2 Å². The van der Waals surface area contributed by atoms with E-state index in [0.717, 1.165) is 11.1 Å². The number of nitrogens with zero attached hydrogens (tertiary/aromatic N) is 1. The number of amides is 2. The first-order valence-electron chi connectivity index (χ1n) is 13.2. The summed E-state index contributed by atoms with van der Waals surface area (Å²) < 4.78 is 17.7. The van der Waals surface area contributed by atoms with Gasteiger partial charge in [0.15, 0.2) is 8.32 Å². The van der Waals surface area contributed by atoms with E-state index in [1.165, 1.54) is 0 Å². The van der Waals surface area contributed by atoms with Gasteiger partial charge in [0.05, 0.1) is 18.7 Å². The van der Waals surface area contributed by atoms with Gasteiger partial charge in [-0.3, -0.25) is 4.90 Å². The van der Waals surface area contributed by atoms with E-state index < -0.39 is 20.5 Å². The summed E-state index contributed by atoms with van der Waals surface area (Å²) in [6.07, 6.45) is 3.07. The molecule has 2 amide bonds. The zero-order chi connectivity index (χ0) is 27.8. The lowest BCUT2D eigenvalue weighted by Crippen LogP contribution is -2.52. The van der Waals surface area contributed by atoms with Crippen molar-refractivity contribution in [2.75, 3.05) is 13.2 Å². The Morgan fingerprint density at radius 3 is 2.03 bits per heavy atom. The minimum absolute atomic E-state index is 0.0263. The molecule has 0 spiro atoms. The lowest BCUT2D eigenvalue weighted by Gasteiger charge is -2.38. The number of hydrogen-bond acceptors (Lipinski definition) is 5. The third kappa shape index (κ3) is 8.46. The molecule has 7 nitrogen and oxygen atoms in total. The quantitative estimate of drug-likeness (QED) is 0.306. The monoisotopic (exact) mass is 538 g/mol. The third-order valence-corrected chi connectivity index (χ3v) is 11.9. The van der Waals surface area contributed by atoms with Crippen molar-refractivity contribution in [1.29, 1.82) is 0 Å². The van der Waals surface area contributed by atoms with Crippen molar-refractivity contribution in [1.82, 2.24) is 10.2 Å². The van der Waals surface area contributed by atoms with E-state index in [1.54, 1.807) is 4.90 Å². The van der Waals surface area contributed by atoms with Crippen LogP contribution in [0.25, 0.3) is 0 Å². The molecule has 0 unspecified atom stereocenters. The van der Waals surface area contributed by atoms with Gasteiger partial charge in [0.2, 0.25) is 0 Å². The molecule has 0 aromatic heterocycles. The van der Waals surface area contributed by atoms with Crippen LogP contribution in [0, 0.1) is 5.92 Å². The lowest BCUT2D eigenvalue weighted by atomic mass is 10.0. The van der Waals surface area contributed by atoms with Crippen molar-refractivity contribution in [3.63, 3.8) is 0 Å². The predicted molar refractivity (Wildman–Crippen MR) is 152 cm³/mol. The van der Waals surface area contributed by atoms with Crippen LogP contribution in [0.3, 0.4) is 0 Å². The zero-order valence-corrected chi connectivity index (χ0v) is 24.5. The Morgan fingerprint density at radius 1 is 0.921 bits per heavy atom. The molecule has 3 atom stereocenters. The molecule has 0 radical (unpaired) electrons. The highest BCUT2D eigenvalue weighted by Gasteiger charge is 2.39. The number of ether oxygens (including phenoxy) is 2. The van der Waals surface area contributed by atoms with Crippen LogP contribution >= 0.6 is 0 Å². The largest absolute Gasteiger partial charge is 0.445 e. The smallest absolute Gasteiger partial charge is 0.410 e. The molecule has 0 saturated carbocycles. The normalized spacial score (nSPS) is 19.9. The maximum Gasteiger partial charge on any atom is 0.410 e. The molecule has 8 heteroatoms. The van der Waals surface area contributed by atoms with Gasteiger partial charge in [0.1, 0.15) is 13.2 Å². The molecule has 0 aliphatic carbocycles. The molecular formula is C30H42N2O5Si. The van der Waals surface area contributed by atoms with Gasteiger partial charge >= 0.3 is 12.2 Å². The fourth-order valence-electron chi connectivity index (χ4n) is 3.82. The second-order valence-corrected chi connectivity index (χ2v) is 16.2. The number of alkyl carbamates (subject to hydrolysis) is 1. The van der Waals surface area contributed by atoms with Gasteiger partial charge in [-0.05, 0) is 35.2 Å². The van der Waals surface area contributed by atoms with Crippen molar-refractivity contribution in [3.8, 4) is 0 Å². The van der Waals surface area contributed by atoms with Crippen LogP contribution in [-0.2, 0) is 27.1 Å². The van der Waals surface area contributed by atoms with Crippen molar-refractivity contribution >= 4 is 20.5 Å². The average Bonchev–Trinajstić information content (AvgIpc) is 3.04. The minimum atomic E-state index is -2.05. The molecule has 2 aromatic rings. The highest BCUT2D eigenvalue weighted by molar-refractivity contribution is 6.74. The molecule has 0 saturated heterocycles. The van der Waals surface area contributed by atoms with Gasteiger partial charge in [-0.1, -0.05) is 101 Å². The molecule has 1 N–H and O–H groups in total. The first-order valence-corrected chi connectivity index (χ1v) is 16.1. The van der Waals surface area contributed by atoms with E-state index >= 15 is 0 Å². The maximum atomic E-state index is 13.4. The predicted octanol–water partition coefficient (Wildman–Crippen LogP) is 6.52. The van der Waals surface area contributed by atoms with E-state index in [4.69, 9.17) is 13.9 Å². The Morgan fingerprint density at radius 2 is 1.47 bits per heavy atom. The van der Waals surface area contributed by atoms with E-state index in [9.17, 15) is 9.59 Å². The van der Waals surface area contributed by atoms with E-state index in [0.29, 0.717) is 6.61 Å². The number of nitrogens with one attached hydrogen (secondary N) is 1. The third-order valence-electron chi connectivity index (χ3n) is 7.44. The highest BCUT2D eigenvalue weighted by Crippen LogP contribution is 2.37. The van der Waals surface area contributed by atoms with E-state index in [2.05, 4.69) is 39.2 Å². The van der Waals surface area contributed by atoms with Gasteiger partial charge in [-0.15, -0.1) is 0 Å². The zero-order valence-electron chi connectivity index (χ0n) is 23.5. The summed E-state index contributed by atoms with van der Waals surface area (Å²) in [6.45, 7) is 14.0. The average molecular weight is 539 g/mol. The van der Waals surface area contributed by atoms with Crippen LogP contribution in [-0.4, -0.2) is 50.6 Å². The van der Waals surface area contributed by atoms with Crippen LogP contribution in [0.1, 0.15) is 38.8 Å². The topological polar surface area (TPSA) is 77.1 Å². The number of rotatable bonds is 8. The Hall–Kier alpha value is -3.10. The van der Waals surface area contributed by atoms with Crippen LogP contribution in [0.4, 0.5) is 9.59 Å². The Balaban J connectivity index is 1.72. The second kappa shape index (κ2) is 13.1. The Labute approximate surface area is 228 Å². The van der Waals surface area contributed by atoms with E-state index in [-0.39, 0.29) is 42.8 Å². The fraction of sp³-hybridized carbons (Fsp3) is 0.467. The molecule has 0 fully saturated rings.